The van der Waals surface area contributed by atoms with Crippen LogP contribution in [0.2, 0.25) is 10.0 Å². The summed E-state index contributed by atoms with van der Waals surface area (Å²) in [5, 5.41) is 0.741. The van der Waals surface area contributed by atoms with Gasteiger partial charge in [-0.2, -0.15) is 4.99 Å². The van der Waals surface area contributed by atoms with Crippen LogP contribution >= 0.6 is 34.5 Å². The van der Waals surface area contributed by atoms with Gasteiger partial charge in [0, 0.05) is 11.6 Å². The minimum absolute atomic E-state index is 0.273. The number of rotatable bonds is 4. The number of carbonyl (C=O) groups is 1. The van der Waals surface area contributed by atoms with Crippen molar-refractivity contribution in [1.29, 1.82) is 0 Å². The number of fused-ring (bicyclic) bond motifs is 1. The van der Waals surface area contributed by atoms with E-state index in [0.29, 0.717) is 27.7 Å². The normalized spacial score (nSPS) is 11.7. The molecule has 1 amide bonds. The lowest BCUT2D eigenvalue weighted by molar-refractivity contribution is 0.0998. The van der Waals surface area contributed by atoms with Crippen molar-refractivity contribution in [3.05, 3.63) is 69.5 Å². The zero-order valence-electron chi connectivity index (χ0n) is 13.3. The number of halogens is 2. The van der Waals surface area contributed by atoms with Gasteiger partial charge in [0.25, 0.3) is 5.91 Å². The Bertz CT molecular complexity index is 1040. The third kappa shape index (κ3) is 3.49. The minimum Gasteiger partial charge on any atom is -0.495 e. The summed E-state index contributed by atoms with van der Waals surface area (Å²) in [5.41, 5.74) is 1.18. The first-order valence-electron chi connectivity index (χ1n) is 7.36. The second-order valence-electron chi connectivity index (χ2n) is 5.13. The smallest absolute Gasteiger partial charge is 0.281 e. The Hall–Kier alpha value is -2.08. The zero-order chi connectivity index (χ0) is 18.0. The molecule has 128 valence electrons. The molecule has 25 heavy (non-hydrogen) atoms. The Morgan fingerprint density at radius 3 is 2.84 bits per heavy atom. The van der Waals surface area contributed by atoms with E-state index < -0.39 is 5.91 Å². The summed E-state index contributed by atoms with van der Waals surface area (Å²) in [7, 11) is 1.61. The molecule has 1 heterocycles. The van der Waals surface area contributed by atoms with Gasteiger partial charge in [0.1, 0.15) is 11.3 Å². The van der Waals surface area contributed by atoms with E-state index in [9.17, 15) is 4.79 Å². The topological polar surface area (TPSA) is 43.6 Å². The first kappa shape index (κ1) is 17.7. The van der Waals surface area contributed by atoms with Crippen LogP contribution in [0.25, 0.3) is 10.2 Å². The molecule has 0 fully saturated rings. The molecule has 0 radical (unpaired) electrons. The number of amides is 1. The number of aromatic nitrogens is 1. The van der Waals surface area contributed by atoms with Gasteiger partial charge in [-0.25, -0.2) is 0 Å². The number of methoxy groups -OCH3 is 1. The van der Waals surface area contributed by atoms with E-state index in [1.807, 2.05) is 22.8 Å². The molecule has 2 aromatic carbocycles. The molecule has 0 spiro atoms. The van der Waals surface area contributed by atoms with E-state index in [1.165, 1.54) is 17.4 Å². The van der Waals surface area contributed by atoms with E-state index in [0.717, 1.165) is 10.2 Å². The van der Waals surface area contributed by atoms with Crippen LogP contribution < -0.4 is 9.54 Å². The number of benzene rings is 2. The Morgan fingerprint density at radius 1 is 1.36 bits per heavy atom. The fourth-order valence-electron chi connectivity index (χ4n) is 2.46. The Balaban J connectivity index is 2.20. The van der Waals surface area contributed by atoms with Crippen molar-refractivity contribution in [2.24, 2.45) is 4.99 Å². The summed E-state index contributed by atoms with van der Waals surface area (Å²) in [6.07, 6.45) is 1.75. The van der Waals surface area contributed by atoms with E-state index in [4.69, 9.17) is 27.9 Å². The molecule has 3 rings (SSSR count). The van der Waals surface area contributed by atoms with Crippen molar-refractivity contribution < 1.29 is 9.53 Å². The van der Waals surface area contributed by atoms with Gasteiger partial charge in [0.2, 0.25) is 0 Å². The number of nitrogens with zero attached hydrogens (tertiary/aromatic N) is 2. The van der Waals surface area contributed by atoms with Gasteiger partial charge in [-0.05, 0) is 30.3 Å². The molecule has 0 N–H and O–H groups in total. The van der Waals surface area contributed by atoms with Gasteiger partial charge in [0.15, 0.2) is 4.80 Å². The number of ether oxygens (including phenoxy) is 1. The number of carbonyl (C=O) groups excluding carboxylic acids is 1. The van der Waals surface area contributed by atoms with Crippen molar-refractivity contribution in [1.82, 2.24) is 4.57 Å². The molecule has 4 nitrogen and oxygen atoms in total. The molecule has 0 bridgehead atoms. The fraction of sp³-hybridized carbons (Fsp3) is 0.111. The molecule has 1 aromatic heterocycles. The molecular formula is C18H14Cl2N2O2S. The highest BCUT2D eigenvalue weighted by atomic mass is 35.5. The monoisotopic (exact) mass is 392 g/mol. The molecule has 3 aromatic rings. The van der Waals surface area contributed by atoms with Crippen molar-refractivity contribution in [3.8, 4) is 5.75 Å². The van der Waals surface area contributed by atoms with Crippen molar-refractivity contribution in [3.63, 3.8) is 0 Å². The van der Waals surface area contributed by atoms with Gasteiger partial charge >= 0.3 is 0 Å². The Kier molecular flexibility index (Phi) is 5.27. The van der Waals surface area contributed by atoms with Crippen molar-refractivity contribution in [2.45, 2.75) is 6.54 Å². The fourth-order valence-corrected chi connectivity index (χ4v) is 4.00. The number of allylic oxidation sites excluding steroid dienone is 1. The maximum Gasteiger partial charge on any atom is 0.281 e. The van der Waals surface area contributed by atoms with E-state index >= 15 is 0 Å². The largest absolute Gasteiger partial charge is 0.495 e. The van der Waals surface area contributed by atoms with Crippen LogP contribution in [0, 0.1) is 0 Å². The number of thiazole rings is 1. The van der Waals surface area contributed by atoms with Crippen LogP contribution in [0.1, 0.15) is 10.4 Å². The van der Waals surface area contributed by atoms with Gasteiger partial charge in [-0.3, -0.25) is 4.79 Å². The van der Waals surface area contributed by atoms with Crippen LogP contribution in [0.5, 0.6) is 5.75 Å². The van der Waals surface area contributed by atoms with Crippen LogP contribution in [0.3, 0.4) is 0 Å². The number of para-hydroxylation sites is 1. The second-order valence-corrected chi connectivity index (χ2v) is 6.98. The molecule has 0 aliphatic carbocycles. The van der Waals surface area contributed by atoms with Crippen LogP contribution in [-0.2, 0) is 6.54 Å². The maximum absolute atomic E-state index is 12.6. The van der Waals surface area contributed by atoms with E-state index in [-0.39, 0.29) is 5.02 Å². The summed E-state index contributed by atoms with van der Waals surface area (Å²) < 4.78 is 8.30. The third-order valence-electron chi connectivity index (χ3n) is 3.55. The summed E-state index contributed by atoms with van der Waals surface area (Å²) >= 11 is 13.4. The Morgan fingerprint density at radius 2 is 2.16 bits per heavy atom. The molecule has 0 saturated carbocycles. The van der Waals surface area contributed by atoms with Crippen molar-refractivity contribution >= 4 is 50.7 Å². The summed E-state index contributed by atoms with van der Waals surface area (Å²) in [6, 6.07) is 10.4. The highest BCUT2D eigenvalue weighted by Crippen LogP contribution is 2.27. The van der Waals surface area contributed by atoms with Gasteiger partial charge in [-0.15, -0.1) is 6.58 Å². The van der Waals surface area contributed by atoms with Crippen LogP contribution in [-0.4, -0.2) is 17.6 Å². The lowest BCUT2D eigenvalue weighted by Gasteiger charge is -2.06. The molecular weight excluding hydrogens is 379 g/mol. The molecule has 0 aliphatic heterocycles. The SMILES string of the molecule is C=CCn1c(=NC(=O)c2ccc(Cl)cc2Cl)sc2cccc(OC)c21. The average Bonchev–Trinajstić information content (AvgIpc) is 2.92. The van der Waals surface area contributed by atoms with Gasteiger partial charge in [0.05, 0.1) is 22.4 Å². The first-order valence-corrected chi connectivity index (χ1v) is 8.93. The quantitative estimate of drug-likeness (QED) is 0.589. The standard InChI is InChI=1S/C18H14Cl2N2O2S/c1-3-9-22-16-14(24-2)5-4-6-15(16)25-18(22)21-17(23)12-8-7-11(19)10-13(12)20/h3-8,10H,1,9H2,2H3. The Labute approximate surface area is 158 Å². The summed E-state index contributed by atoms with van der Waals surface area (Å²) in [5.74, 6) is 0.291. The zero-order valence-corrected chi connectivity index (χ0v) is 15.7. The lowest BCUT2D eigenvalue weighted by atomic mass is 10.2. The second kappa shape index (κ2) is 7.44. The molecule has 0 atom stereocenters. The number of hydrogen-bond acceptors (Lipinski definition) is 3. The third-order valence-corrected chi connectivity index (χ3v) is 5.15. The van der Waals surface area contributed by atoms with Crippen LogP contribution in [0.4, 0.5) is 0 Å². The highest BCUT2D eigenvalue weighted by Gasteiger charge is 2.14. The molecule has 7 heteroatoms. The molecule has 0 unspecified atom stereocenters. The number of hydrogen-bond donors (Lipinski definition) is 0. The lowest BCUT2D eigenvalue weighted by Crippen LogP contribution is -2.16. The first-order chi connectivity index (χ1) is 12.0. The predicted octanol–water partition coefficient (Wildman–Crippen LogP) is 4.95. The van der Waals surface area contributed by atoms with Crippen LogP contribution in [0.15, 0.2) is 54.0 Å². The highest BCUT2D eigenvalue weighted by molar-refractivity contribution is 7.16. The predicted molar refractivity (Wildman–Crippen MR) is 103 cm³/mol. The van der Waals surface area contributed by atoms with E-state index in [2.05, 4.69) is 11.6 Å². The minimum atomic E-state index is -0.426. The average molecular weight is 393 g/mol. The van der Waals surface area contributed by atoms with Crippen molar-refractivity contribution in [2.75, 3.05) is 7.11 Å². The van der Waals surface area contributed by atoms with E-state index in [1.54, 1.807) is 25.3 Å². The molecule has 0 saturated heterocycles. The maximum atomic E-state index is 12.6. The summed E-state index contributed by atoms with van der Waals surface area (Å²) in [6.45, 7) is 4.28. The molecule has 0 aliphatic rings. The van der Waals surface area contributed by atoms with Gasteiger partial charge < -0.3 is 9.30 Å². The van der Waals surface area contributed by atoms with Gasteiger partial charge in [-0.1, -0.05) is 46.7 Å². The summed E-state index contributed by atoms with van der Waals surface area (Å²) in [4.78, 5) is 17.4.